The van der Waals surface area contributed by atoms with Crippen LogP contribution in [0, 0.1) is 12.8 Å². The summed E-state index contributed by atoms with van der Waals surface area (Å²) in [5.74, 6) is 4.01. The number of aromatic nitrogens is 2. The van der Waals surface area contributed by atoms with Crippen LogP contribution >= 0.6 is 11.8 Å². The minimum atomic E-state index is 0.671. The second-order valence-corrected chi connectivity index (χ2v) is 6.98. The van der Waals surface area contributed by atoms with Gasteiger partial charge in [0, 0.05) is 42.8 Å². The lowest BCUT2D eigenvalue weighted by atomic mass is 10.2. The number of anilines is 1. The molecule has 1 aromatic rings. The van der Waals surface area contributed by atoms with Crippen molar-refractivity contribution in [2.75, 3.05) is 36.0 Å². The highest BCUT2D eigenvalue weighted by Gasteiger charge is 2.13. The zero-order valence-corrected chi connectivity index (χ0v) is 13.7. The molecule has 1 aliphatic heterocycles. The van der Waals surface area contributed by atoms with E-state index in [-0.39, 0.29) is 0 Å². The van der Waals surface area contributed by atoms with Crippen LogP contribution in [0.25, 0.3) is 0 Å². The van der Waals surface area contributed by atoms with E-state index in [1.807, 2.05) is 18.0 Å². The first kappa shape index (κ1) is 15.6. The summed E-state index contributed by atoms with van der Waals surface area (Å²) in [7, 11) is 0. The van der Waals surface area contributed by atoms with Crippen molar-refractivity contribution in [1.29, 1.82) is 0 Å². The molecule has 4 nitrogen and oxygen atoms in total. The predicted octanol–water partition coefficient (Wildman–Crippen LogP) is 2.47. The molecule has 0 amide bonds. The lowest BCUT2D eigenvalue weighted by molar-refractivity contribution is 0.550. The van der Waals surface area contributed by atoms with Gasteiger partial charge in [0.25, 0.3) is 0 Å². The zero-order valence-electron chi connectivity index (χ0n) is 12.9. The maximum atomic E-state index is 4.70. The van der Waals surface area contributed by atoms with Gasteiger partial charge in [0.15, 0.2) is 0 Å². The molecule has 1 N–H and O–H groups in total. The van der Waals surface area contributed by atoms with Gasteiger partial charge in [0.1, 0.15) is 0 Å². The molecule has 5 heteroatoms. The Balaban J connectivity index is 1.97. The molecular weight excluding hydrogens is 268 g/mol. The van der Waals surface area contributed by atoms with Crippen molar-refractivity contribution in [2.24, 2.45) is 5.92 Å². The van der Waals surface area contributed by atoms with Gasteiger partial charge >= 0.3 is 0 Å². The Hall–Kier alpha value is -0.810. The molecule has 0 radical (unpaired) electrons. The number of nitrogens with one attached hydrogen (secondary N) is 1. The largest absolute Gasteiger partial charge is 0.340 e. The molecule has 1 fully saturated rings. The molecule has 0 saturated carbocycles. The Bertz CT molecular complexity index is 414. The standard InChI is InChI=1S/C15H26N4S/c1-12(2)9-16-10-14-11-17-15(18-13(14)3)19-5-4-7-20-8-6-19/h11-12,16H,4-10H2,1-3H3. The highest BCUT2D eigenvalue weighted by atomic mass is 32.2. The van der Waals surface area contributed by atoms with Gasteiger partial charge in [0.05, 0.1) is 0 Å². The Labute approximate surface area is 126 Å². The van der Waals surface area contributed by atoms with E-state index < -0.39 is 0 Å². The Morgan fingerprint density at radius 3 is 2.95 bits per heavy atom. The van der Waals surface area contributed by atoms with Crippen molar-refractivity contribution in [2.45, 2.75) is 33.7 Å². The van der Waals surface area contributed by atoms with Crippen molar-refractivity contribution in [3.8, 4) is 0 Å². The van der Waals surface area contributed by atoms with Crippen LogP contribution in [-0.2, 0) is 6.54 Å². The van der Waals surface area contributed by atoms with Crippen LogP contribution in [0.4, 0.5) is 5.95 Å². The van der Waals surface area contributed by atoms with Gasteiger partial charge in [-0.15, -0.1) is 0 Å². The monoisotopic (exact) mass is 294 g/mol. The maximum absolute atomic E-state index is 4.70. The van der Waals surface area contributed by atoms with E-state index >= 15 is 0 Å². The third kappa shape index (κ3) is 4.63. The molecule has 1 aliphatic rings. The summed E-state index contributed by atoms with van der Waals surface area (Å²) >= 11 is 2.03. The lowest BCUT2D eigenvalue weighted by Gasteiger charge is -2.20. The Kier molecular flexibility index (Phi) is 6.10. The van der Waals surface area contributed by atoms with Gasteiger partial charge < -0.3 is 10.2 Å². The Morgan fingerprint density at radius 1 is 1.35 bits per heavy atom. The van der Waals surface area contributed by atoms with Crippen molar-refractivity contribution < 1.29 is 0 Å². The second-order valence-electron chi connectivity index (χ2n) is 5.76. The quantitative estimate of drug-likeness (QED) is 0.903. The number of nitrogens with zero attached hydrogens (tertiary/aromatic N) is 3. The summed E-state index contributed by atoms with van der Waals surface area (Å²) in [5.41, 5.74) is 2.31. The highest BCUT2D eigenvalue weighted by Crippen LogP contribution is 2.16. The molecule has 2 heterocycles. The van der Waals surface area contributed by atoms with Crippen molar-refractivity contribution >= 4 is 17.7 Å². The average molecular weight is 294 g/mol. The number of hydrogen-bond acceptors (Lipinski definition) is 5. The molecule has 112 valence electrons. The molecule has 2 rings (SSSR count). The fourth-order valence-electron chi connectivity index (χ4n) is 2.25. The van der Waals surface area contributed by atoms with Crippen LogP contribution in [0.1, 0.15) is 31.5 Å². The summed E-state index contributed by atoms with van der Waals surface area (Å²) in [5, 5.41) is 3.45. The molecule has 0 atom stereocenters. The minimum absolute atomic E-state index is 0.671. The van der Waals surface area contributed by atoms with Gasteiger partial charge in [-0.3, -0.25) is 0 Å². The fourth-order valence-corrected chi connectivity index (χ4v) is 3.13. The fraction of sp³-hybridized carbons (Fsp3) is 0.733. The molecule has 1 aromatic heterocycles. The number of thioether (sulfide) groups is 1. The van der Waals surface area contributed by atoms with Gasteiger partial charge in [-0.05, 0) is 31.6 Å². The Morgan fingerprint density at radius 2 is 2.20 bits per heavy atom. The first-order valence-electron chi connectivity index (χ1n) is 7.52. The van der Waals surface area contributed by atoms with Gasteiger partial charge in [-0.2, -0.15) is 11.8 Å². The molecule has 0 aromatic carbocycles. The van der Waals surface area contributed by atoms with Gasteiger partial charge in [-0.25, -0.2) is 9.97 Å². The van der Waals surface area contributed by atoms with E-state index in [4.69, 9.17) is 4.98 Å². The number of rotatable bonds is 5. The van der Waals surface area contributed by atoms with Gasteiger partial charge in [0.2, 0.25) is 5.95 Å². The predicted molar refractivity (Wildman–Crippen MR) is 87.5 cm³/mol. The van der Waals surface area contributed by atoms with Crippen molar-refractivity contribution in [3.05, 3.63) is 17.5 Å². The van der Waals surface area contributed by atoms with Crippen LogP contribution in [-0.4, -0.2) is 41.1 Å². The normalized spacial score (nSPS) is 16.5. The van der Waals surface area contributed by atoms with Crippen LogP contribution < -0.4 is 10.2 Å². The van der Waals surface area contributed by atoms with E-state index in [9.17, 15) is 0 Å². The van der Waals surface area contributed by atoms with Crippen molar-refractivity contribution in [3.63, 3.8) is 0 Å². The topological polar surface area (TPSA) is 41.1 Å². The van der Waals surface area contributed by atoms with Crippen LogP contribution in [0.5, 0.6) is 0 Å². The maximum Gasteiger partial charge on any atom is 0.225 e. The third-order valence-electron chi connectivity index (χ3n) is 3.44. The highest BCUT2D eigenvalue weighted by molar-refractivity contribution is 7.99. The molecule has 0 aliphatic carbocycles. The molecule has 20 heavy (non-hydrogen) atoms. The second kappa shape index (κ2) is 7.84. The van der Waals surface area contributed by atoms with Gasteiger partial charge in [-0.1, -0.05) is 13.8 Å². The number of aryl methyl sites for hydroxylation is 1. The van der Waals surface area contributed by atoms with Crippen LogP contribution in [0.15, 0.2) is 6.20 Å². The van der Waals surface area contributed by atoms with Crippen LogP contribution in [0.2, 0.25) is 0 Å². The lowest BCUT2D eigenvalue weighted by Crippen LogP contribution is -2.28. The van der Waals surface area contributed by atoms with E-state index in [1.54, 1.807) is 0 Å². The van der Waals surface area contributed by atoms with Crippen LogP contribution in [0.3, 0.4) is 0 Å². The zero-order chi connectivity index (χ0) is 14.4. The summed E-state index contributed by atoms with van der Waals surface area (Å²) < 4.78 is 0. The van der Waals surface area contributed by atoms with E-state index in [2.05, 4.69) is 36.0 Å². The first-order chi connectivity index (χ1) is 9.66. The van der Waals surface area contributed by atoms with Crippen molar-refractivity contribution in [1.82, 2.24) is 15.3 Å². The summed E-state index contributed by atoms with van der Waals surface area (Å²) in [4.78, 5) is 11.6. The molecule has 0 unspecified atom stereocenters. The van der Waals surface area contributed by atoms with E-state index in [1.165, 1.54) is 23.5 Å². The smallest absolute Gasteiger partial charge is 0.225 e. The van der Waals surface area contributed by atoms with E-state index in [0.29, 0.717) is 5.92 Å². The summed E-state index contributed by atoms with van der Waals surface area (Å²) in [6, 6.07) is 0. The molecule has 1 saturated heterocycles. The summed E-state index contributed by atoms with van der Waals surface area (Å²) in [6.45, 7) is 10.6. The molecular formula is C15H26N4S. The first-order valence-corrected chi connectivity index (χ1v) is 8.68. The molecule has 0 bridgehead atoms. The van der Waals surface area contributed by atoms with E-state index in [0.717, 1.165) is 37.8 Å². The average Bonchev–Trinajstić information content (AvgIpc) is 2.69. The third-order valence-corrected chi connectivity index (χ3v) is 4.49. The number of hydrogen-bond donors (Lipinski definition) is 1. The molecule has 0 spiro atoms. The SMILES string of the molecule is Cc1nc(N2CCCSCC2)ncc1CNCC(C)C. The minimum Gasteiger partial charge on any atom is -0.340 e. The summed E-state index contributed by atoms with van der Waals surface area (Å²) in [6.07, 6.45) is 3.22.